The largest absolute Gasteiger partial charge is 0.385 e. The van der Waals surface area contributed by atoms with Gasteiger partial charge in [0.2, 0.25) is 0 Å². The lowest BCUT2D eigenvalue weighted by Crippen LogP contribution is -2.46. The van der Waals surface area contributed by atoms with Crippen LogP contribution in [0.5, 0.6) is 0 Å². The molecule has 1 heterocycles. The average molecular weight is 452 g/mol. The molecule has 1 rings (SSSR count). The molecule has 1 saturated heterocycles. The maximum absolute atomic E-state index is 10.4. The standard InChI is InChI=1S/C20H44BO4P3/c1-10-27(8,11-2)13-14-28(9,12-3)15-26(7)19(4,5)25-17-16(22)20(6,23)18(21)24-17/h16-18,22-23,26H,7-15,21H2,1-6H3. The molecule has 0 radical (unpaired) electrons. The molecular formula is C20H44BO4P3. The second kappa shape index (κ2) is 9.95. The van der Waals surface area contributed by atoms with Crippen LogP contribution in [0.1, 0.15) is 41.5 Å². The summed E-state index contributed by atoms with van der Waals surface area (Å²) >= 11 is 0. The molecule has 0 saturated carbocycles. The summed E-state index contributed by atoms with van der Waals surface area (Å²) in [6.45, 7) is 10.1. The fourth-order valence-corrected chi connectivity index (χ4v) is 14.7. The molecule has 1 aliphatic heterocycles. The summed E-state index contributed by atoms with van der Waals surface area (Å²) < 4.78 is 11.9. The summed E-state index contributed by atoms with van der Waals surface area (Å²) in [6.07, 6.45) is 17.9. The number of aliphatic hydroxyl groups excluding tert-OH is 1. The Labute approximate surface area is 175 Å². The summed E-state index contributed by atoms with van der Waals surface area (Å²) in [5.74, 6) is 1.04. The van der Waals surface area contributed by atoms with Gasteiger partial charge in [0.1, 0.15) is 19.6 Å². The highest BCUT2D eigenvalue weighted by atomic mass is 31.2. The van der Waals surface area contributed by atoms with Crippen molar-refractivity contribution in [3.63, 3.8) is 0 Å². The molecule has 0 aromatic rings. The van der Waals surface area contributed by atoms with Gasteiger partial charge >= 0.3 is 0 Å². The lowest BCUT2D eigenvalue weighted by atomic mass is 9.83. The van der Waals surface area contributed by atoms with Gasteiger partial charge in [0, 0.05) is 0 Å². The Balaban J connectivity index is 2.82. The number of hydrogen-bond donors (Lipinski definition) is 2. The Morgan fingerprint density at radius 3 is 2.00 bits per heavy atom. The van der Waals surface area contributed by atoms with Crippen LogP contribution in [0.25, 0.3) is 0 Å². The van der Waals surface area contributed by atoms with Crippen LogP contribution in [0.15, 0.2) is 0 Å². The molecule has 6 atom stereocenters. The summed E-state index contributed by atoms with van der Waals surface area (Å²) in [4.78, 5) is 0. The number of hydrogen-bond acceptors (Lipinski definition) is 4. The summed E-state index contributed by atoms with van der Waals surface area (Å²) in [5.41, 5.74) is -1.30. The topological polar surface area (TPSA) is 58.9 Å². The average Bonchev–Trinajstić information content (AvgIpc) is 2.82. The van der Waals surface area contributed by atoms with E-state index in [1.807, 2.05) is 13.8 Å². The molecule has 2 N–H and O–H groups in total. The first-order valence-corrected chi connectivity index (χ1v) is 17.5. The van der Waals surface area contributed by atoms with Crippen molar-refractivity contribution in [3.8, 4) is 0 Å². The quantitative estimate of drug-likeness (QED) is 0.374. The fourth-order valence-electron chi connectivity index (χ4n) is 3.30. The van der Waals surface area contributed by atoms with Gasteiger partial charge in [-0.05, 0) is 57.5 Å². The minimum Gasteiger partial charge on any atom is -0.385 e. The molecule has 4 nitrogen and oxygen atoms in total. The van der Waals surface area contributed by atoms with Crippen molar-refractivity contribution >= 4 is 48.1 Å². The van der Waals surface area contributed by atoms with Gasteiger partial charge in [0.05, 0.1) is 11.3 Å². The van der Waals surface area contributed by atoms with Crippen LogP contribution < -0.4 is 0 Å². The summed E-state index contributed by atoms with van der Waals surface area (Å²) in [5, 5.41) is 20.3. The zero-order chi connectivity index (χ0) is 22.0. The van der Waals surface area contributed by atoms with Crippen molar-refractivity contribution in [1.29, 1.82) is 0 Å². The molecule has 0 aromatic heterocycles. The number of ether oxygens (including phenoxy) is 2. The van der Waals surface area contributed by atoms with Gasteiger partial charge in [-0.2, -0.15) is 0 Å². The Morgan fingerprint density at radius 2 is 1.61 bits per heavy atom. The highest BCUT2D eigenvalue weighted by Gasteiger charge is 2.51. The molecule has 6 unspecified atom stereocenters. The molecule has 0 amide bonds. The third-order valence-corrected chi connectivity index (χ3v) is 19.6. The van der Waals surface area contributed by atoms with Crippen LogP contribution in [0.2, 0.25) is 0 Å². The van der Waals surface area contributed by atoms with Crippen molar-refractivity contribution < 1.29 is 19.7 Å². The predicted octanol–water partition coefficient (Wildman–Crippen LogP) is 2.73. The molecular weight excluding hydrogens is 408 g/mol. The minimum absolute atomic E-state index is 0.476. The fraction of sp³-hybridized carbons (Fsp3) is 0.850. The van der Waals surface area contributed by atoms with Crippen molar-refractivity contribution in [3.05, 3.63) is 0 Å². The first-order valence-electron chi connectivity index (χ1n) is 10.5. The Hall–Kier alpha value is 0.805. The second-order valence-electron chi connectivity index (χ2n) is 9.29. The van der Waals surface area contributed by atoms with E-state index in [0.29, 0.717) is 0 Å². The van der Waals surface area contributed by atoms with Crippen LogP contribution in [0.4, 0.5) is 0 Å². The Morgan fingerprint density at radius 1 is 1.14 bits per heavy atom. The van der Waals surface area contributed by atoms with Crippen molar-refractivity contribution in [1.82, 2.24) is 0 Å². The van der Waals surface area contributed by atoms with E-state index in [0.717, 1.165) is 12.1 Å². The van der Waals surface area contributed by atoms with Gasteiger partial charge in [-0.25, -0.2) is 0 Å². The van der Waals surface area contributed by atoms with Crippen molar-refractivity contribution in [2.75, 3.05) is 36.7 Å². The van der Waals surface area contributed by atoms with E-state index in [1.165, 1.54) is 24.6 Å². The van der Waals surface area contributed by atoms with Crippen molar-refractivity contribution in [2.24, 2.45) is 0 Å². The Bertz CT molecular complexity index is 639. The lowest BCUT2D eigenvalue weighted by molar-refractivity contribution is -0.188. The first-order chi connectivity index (χ1) is 12.7. The van der Waals surface area contributed by atoms with Gasteiger partial charge in [0.15, 0.2) is 6.29 Å². The lowest BCUT2D eigenvalue weighted by Gasteiger charge is -2.37. The number of rotatable bonds is 11. The minimum atomic E-state index is -1.34. The maximum atomic E-state index is 10.4. The molecule has 0 spiro atoms. The van der Waals surface area contributed by atoms with Crippen LogP contribution >= 0.6 is 21.3 Å². The van der Waals surface area contributed by atoms with Gasteiger partial charge < -0.3 is 19.7 Å². The van der Waals surface area contributed by atoms with Gasteiger partial charge in [-0.3, -0.25) is 0 Å². The summed E-state index contributed by atoms with van der Waals surface area (Å²) in [6, 6.07) is -0.476. The van der Waals surface area contributed by atoms with E-state index in [9.17, 15) is 10.2 Å². The molecule has 166 valence electrons. The van der Waals surface area contributed by atoms with E-state index < -0.39 is 50.7 Å². The van der Waals surface area contributed by atoms with E-state index >= 15 is 0 Å². The van der Waals surface area contributed by atoms with Crippen LogP contribution in [-0.2, 0) is 9.47 Å². The van der Waals surface area contributed by atoms with Gasteiger partial charge in [-0.15, -0.1) is 32.7 Å². The zero-order valence-corrected chi connectivity index (χ0v) is 22.0. The van der Waals surface area contributed by atoms with Gasteiger partial charge in [0.25, 0.3) is 0 Å². The smallest absolute Gasteiger partial charge is 0.186 e. The zero-order valence-electron chi connectivity index (χ0n) is 19.2. The molecule has 1 aliphatic rings. The second-order valence-corrected chi connectivity index (χ2v) is 21.1. The normalized spacial score (nSPS) is 32.2. The molecule has 0 aliphatic carbocycles. The van der Waals surface area contributed by atoms with E-state index in [1.54, 1.807) is 14.8 Å². The molecule has 8 heteroatoms. The third kappa shape index (κ3) is 6.40. The van der Waals surface area contributed by atoms with E-state index in [2.05, 4.69) is 33.4 Å². The number of aliphatic hydroxyl groups is 2. The van der Waals surface area contributed by atoms with Crippen LogP contribution in [0, 0.1) is 0 Å². The molecule has 0 bridgehead atoms. The van der Waals surface area contributed by atoms with Crippen LogP contribution in [0.3, 0.4) is 0 Å². The van der Waals surface area contributed by atoms with E-state index in [4.69, 9.17) is 15.8 Å². The molecule has 0 aromatic carbocycles. The maximum Gasteiger partial charge on any atom is 0.186 e. The Kier molecular flexibility index (Phi) is 9.54. The first kappa shape index (κ1) is 26.8. The highest BCUT2D eigenvalue weighted by Crippen LogP contribution is 2.59. The monoisotopic (exact) mass is 452 g/mol. The van der Waals surface area contributed by atoms with Gasteiger partial charge in [-0.1, -0.05) is 28.3 Å². The highest BCUT2D eigenvalue weighted by molar-refractivity contribution is 7.84. The van der Waals surface area contributed by atoms with E-state index in [-0.39, 0.29) is 0 Å². The van der Waals surface area contributed by atoms with Crippen LogP contribution in [-0.4, -0.2) is 103 Å². The predicted molar refractivity (Wildman–Crippen MR) is 139 cm³/mol. The summed E-state index contributed by atoms with van der Waals surface area (Å²) in [7, 11) is 0.614. The molecule has 28 heavy (non-hydrogen) atoms. The molecule has 1 fully saturated rings. The van der Waals surface area contributed by atoms with Crippen molar-refractivity contribution in [2.45, 2.75) is 70.9 Å². The SMILES string of the molecule is BC1OC(OC(C)(C)[PH](=C)CP(=C)(CC)CCP(=C)(CC)CC)C(O)C1(C)O. The third-order valence-electron chi connectivity index (χ3n) is 6.87.